The molecular formula is C17H21ClN2O. The van der Waals surface area contributed by atoms with Crippen LogP contribution in [0.15, 0.2) is 12.1 Å². The first-order chi connectivity index (χ1) is 10.0. The fraction of sp³-hybridized carbons (Fsp3) is 0.647. The van der Waals surface area contributed by atoms with Crippen LogP contribution in [-0.2, 0) is 0 Å². The Morgan fingerprint density at radius 2 is 1.76 bits per heavy atom. The van der Waals surface area contributed by atoms with Gasteiger partial charge in [0, 0.05) is 16.8 Å². The first kappa shape index (κ1) is 13.6. The molecule has 1 amide bonds. The molecule has 1 heterocycles. The third-order valence-corrected chi connectivity index (χ3v) is 5.79. The van der Waals surface area contributed by atoms with Crippen molar-refractivity contribution in [1.29, 1.82) is 0 Å². The first-order valence-corrected chi connectivity index (χ1v) is 8.36. The highest BCUT2D eigenvalue weighted by Gasteiger charge is 2.51. The van der Waals surface area contributed by atoms with E-state index in [0.29, 0.717) is 10.7 Å². The van der Waals surface area contributed by atoms with E-state index < -0.39 is 0 Å². The fourth-order valence-corrected chi connectivity index (χ4v) is 5.59. The van der Waals surface area contributed by atoms with Gasteiger partial charge in [-0.15, -0.1) is 0 Å². The molecule has 1 aromatic rings. The van der Waals surface area contributed by atoms with E-state index in [1.807, 2.05) is 13.0 Å². The third kappa shape index (κ3) is 2.46. The molecule has 0 unspecified atom stereocenters. The highest BCUT2D eigenvalue weighted by atomic mass is 35.5. The van der Waals surface area contributed by atoms with Crippen molar-refractivity contribution in [3.05, 3.63) is 28.5 Å². The second-order valence-corrected chi connectivity index (χ2v) is 7.86. The number of hydrogen-bond acceptors (Lipinski definition) is 2. The van der Waals surface area contributed by atoms with Crippen LogP contribution >= 0.6 is 11.6 Å². The smallest absolute Gasteiger partial charge is 0.251 e. The SMILES string of the molecule is Cc1cc(C(=O)NC23CC4CC(CC(C4)C2)C3)cc(Cl)n1. The largest absolute Gasteiger partial charge is 0.347 e. The van der Waals surface area contributed by atoms with E-state index in [1.165, 1.54) is 38.5 Å². The number of halogens is 1. The van der Waals surface area contributed by atoms with Gasteiger partial charge < -0.3 is 5.32 Å². The summed E-state index contributed by atoms with van der Waals surface area (Å²) in [7, 11) is 0. The van der Waals surface area contributed by atoms with E-state index in [-0.39, 0.29) is 11.4 Å². The Morgan fingerprint density at radius 1 is 1.19 bits per heavy atom. The summed E-state index contributed by atoms with van der Waals surface area (Å²) < 4.78 is 0. The Hall–Kier alpha value is -1.09. The molecule has 0 aliphatic heterocycles. The molecule has 3 nitrogen and oxygen atoms in total. The van der Waals surface area contributed by atoms with Crippen LogP contribution in [0, 0.1) is 24.7 Å². The maximum atomic E-state index is 12.6. The first-order valence-electron chi connectivity index (χ1n) is 7.98. The second kappa shape index (κ2) is 4.70. The van der Waals surface area contributed by atoms with Crippen molar-refractivity contribution in [2.45, 2.75) is 51.0 Å². The van der Waals surface area contributed by atoms with Crippen LogP contribution in [0.25, 0.3) is 0 Å². The fourth-order valence-electron chi connectivity index (χ4n) is 5.34. The van der Waals surface area contributed by atoms with Gasteiger partial charge in [-0.1, -0.05) is 11.6 Å². The summed E-state index contributed by atoms with van der Waals surface area (Å²) in [5.41, 5.74) is 1.48. The molecule has 4 aliphatic carbocycles. The molecule has 0 saturated heterocycles. The minimum absolute atomic E-state index is 0.0179. The van der Waals surface area contributed by atoms with Crippen LogP contribution in [0.2, 0.25) is 5.15 Å². The number of carbonyl (C=O) groups is 1. The Balaban J connectivity index is 1.56. The lowest BCUT2D eigenvalue weighted by molar-refractivity contribution is -0.0167. The Labute approximate surface area is 130 Å². The van der Waals surface area contributed by atoms with E-state index in [2.05, 4.69) is 10.3 Å². The molecule has 0 spiro atoms. The average molecular weight is 305 g/mol. The van der Waals surface area contributed by atoms with E-state index in [4.69, 9.17) is 11.6 Å². The average Bonchev–Trinajstić information content (AvgIpc) is 2.35. The number of nitrogens with one attached hydrogen (secondary N) is 1. The van der Waals surface area contributed by atoms with Gasteiger partial charge in [-0.2, -0.15) is 0 Å². The van der Waals surface area contributed by atoms with Crippen LogP contribution in [-0.4, -0.2) is 16.4 Å². The molecule has 1 aromatic heterocycles. The van der Waals surface area contributed by atoms with Crippen molar-refractivity contribution in [3.8, 4) is 0 Å². The molecule has 5 rings (SSSR count). The van der Waals surface area contributed by atoms with Crippen molar-refractivity contribution in [3.63, 3.8) is 0 Å². The number of pyridine rings is 1. The van der Waals surface area contributed by atoms with Gasteiger partial charge in [-0.05, 0) is 75.3 Å². The predicted octanol–water partition coefficient (Wildman–Crippen LogP) is 3.74. The third-order valence-electron chi connectivity index (χ3n) is 5.60. The molecule has 0 atom stereocenters. The Morgan fingerprint density at radius 3 is 2.29 bits per heavy atom. The lowest BCUT2D eigenvalue weighted by atomic mass is 9.53. The lowest BCUT2D eigenvalue weighted by Crippen LogP contribution is -2.59. The zero-order valence-corrected chi connectivity index (χ0v) is 13.1. The summed E-state index contributed by atoms with van der Waals surface area (Å²) in [6.07, 6.45) is 7.66. The highest BCUT2D eigenvalue weighted by Crippen LogP contribution is 2.55. The monoisotopic (exact) mass is 304 g/mol. The van der Waals surface area contributed by atoms with Gasteiger partial charge in [0.1, 0.15) is 5.15 Å². The quantitative estimate of drug-likeness (QED) is 0.846. The minimum atomic E-state index is 0.0179. The van der Waals surface area contributed by atoms with Crippen LogP contribution in [0.4, 0.5) is 0 Å². The van der Waals surface area contributed by atoms with Crippen LogP contribution in [0.3, 0.4) is 0 Å². The normalized spacial score (nSPS) is 36.8. The number of nitrogens with zero attached hydrogens (tertiary/aromatic N) is 1. The van der Waals surface area contributed by atoms with E-state index >= 15 is 0 Å². The molecule has 4 aliphatic rings. The lowest BCUT2D eigenvalue weighted by Gasteiger charge is -2.56. The number of hydrogen-bond donors (Lipinski definition) is 1. The number of amides is 1. The standard InChI is InChI=1S/C17H21ClN2O/c1-10-2-14(6-15(18)19-10)16(21)20-17-7-11-3-12(8-17)5-13(4-11)9-17/h2,6,11-13H,3-5,7-9H2,1H3,(H,20,21). The Bertz CT molecular complexity index is 543. The Kier molecular flexibility index (Phi) is 3.04. The molecule has 4 heteroatoms. The van der Waals surface area contributed by atoms with E-state index in [1.54, 1.807) is 6.07 Å². The van der Waals surface area contributed by atoms with Crippen LogP contribution in [0.1, 0.15) is 54.6 Å². The number of carbonyl (C=O) groups excluding carboxylic acids is 1. The van der Waals surface area contributed by atoms with Gasteiger partial charge in [0.05, 0.1) is 0 Å². The molecule has 4 bridgehead atoms. The predicted molar refractivity (Wildman–Crippen MR) is 82.4 cm³/mol. The maximum absolute atomic E-state index is 12.6. The molecule has 21 heavy (non-hydrogen) atoms. The van der Waals surface area contributed by atoms with Crippen molar-refractivity contribution >= 4 is 17.5 Å². The molecule has 0 aromatic carbocycles. The summed E-state index contributed by atoms with van der Waals surface area (Å²) >= 11 is 5.98. The van der Waals surface area contributed by atoms with Crippen molar-refractivity contribution < 1.29 is 4.79 Å². The maximum Gasteiger partial charge on any atom is 0.251 e. The number of aryl methyl sites for hydroxylation is 1. The molecule has 4 fully saturated rings. The summed E-state index contributed by atoms with van der Waals surface area (Å²) in [6, 6.07) is 3.49. The molecule has 0 radical (unpaired) electrons. The molecule has 112 valence electrons. The highest BCUT2D eigenvalue weighted by molar-refractivity contribution is 6.29. The van der Waals surface area contributed by atoms with E-state index in [0.717, 1.165) is 23.4 Å². The van der Waals surface area contributed by atoms with Gasteiger partial charge in [0.25, 0.3) is 5.91 Å². The van der Waals surface area contributed by atoms with Crippen LogP contribution in [0.5, 0.6) is 0 Å². The zero-order chi connectivity index (χ0) is 14.6. The van der Waals surface area contributed by atoms with Crippen LogP contribution < -0.4 is 5.32 Å². The summed E-state index contributed by atoms with van der Waals surface area (Å²) in [4.78, 5) is 16.8. The molecular weight excluding hydrogens is 284 g/mol. The van der Waals surface area contributed by atoms with Crippen molar-refractivity contribution in [1.82, 2.24) is 10.3 Å². The number of aromatic nitrogens is 1. The topological polar surface area (TPSA) is 42.0 Å². The second-order valence-electron chi connectivity index (χ2n) is 7.47. The van der Waals surface area contributed by atoms with Crippen molar-refractivity contribution in [2.75, 3.05) is 0 Å². The van der Waals surface area contributed by atoms with Gasteiger partial charge in [0.15, 0.2) is 0 Å². The van der Waals surface area contributed by atoms with Gasteiger partial charge >= 0.3 is 0 Å². The van der Waals surface area contributed by atoms with Crippen molar-refractivity contribution in [2.24, 2.45) is 17.8 Å². The van der Waals surface area contributed by atoms with E-state index in [9.17, 15) is 4.79 Å². The number of rotatable bonds is 2. The molecule has 1 N–H and O–H groups in total. The van der Waals surface area contributed by atoms with Gasteiger partial charge in [0.2, 0.25) is 0 Å². The molecule has 4 saturated carbocycles. The summed E-state index contributed by atoms with van der Waals surface area (Å²) in [6.45, 7) is 1.87. The minimum Gasteiger partial charge on any atom is -0.347 e. The summed E-state index contributed by atoms with van der Waals surface area (Å²) in [5, 5.41) is 3.76. The zero-order valence-electron chi connectivity index (χ0n) is 12.4. The summed E-state index contributed by atoms with van der Waals surface area (Å²) in [5.74, 6) is 2.52. The van der Waals surface area contributed by atoms with Gasteiger partial charge in [-0.3, -0.25) is 4.79 Å². The van der Waals surface area contributed by atoms with Gasteiger partial charge in [-0.25, -0.2) is 4.98 Å².